The first-order chi connectivity index (χ1) is 12.6. The molecule has 0 unspecified atom stereocenters. The molecule has 7 heteroatoms. The maximum absolute atomic E-state index is 12.4. The number of pyridine rings is 1. The molecule has 1 aromatic carbocycles. The fourth-order valence-corrected chi connectivity index (χ4v) is 2.73. The molecule has 0 aliphatic carbocycles. The van der Waals surface area contributed by atoms with Crippen LogP contribution in [0.4, 0.5) is 11.5 Å². The van der Waals surface area contributed by atoms with Crippen LogP contribution in [0.3, 0.4) is 0 Å². The van der Waals surface area contributed by atoms with Gasteiger partial charge in [-0.25, -0.2) is 4.98 Å². The number of ether oxygens (including phenoxy) is 1. The Hall–Kier alpha value is -2.77. The molecule has 0 saturated carbocycles. The lowest BCUT2D eigenvalue weighted by Gasteiger charge is -2.26. The molecule has 3 rings (SSSR count). The third kappa shape index (κ3) is 5.11. The summed E-state index contributed by atoms with van der Waals surface area (Å²) in [6.45, 7) is 5.71. The molecule has 1 fully saturated rings. The molecule has 2 amide bonds. The van der Waals surface area contributed by atoms with Gasteiger partial charge in [0.2, 0.25) is 5.91 Å². The Balaban J connectivity index is 1.59. The standard InChI is InChI=1S/C19H22N4O3/c1-14(24)21-18-12-16(6-7-20-18)19(25)22-17-4-2-15(3-5-17)13-23-8-10-26-11-9-23/h2-7,12H,8-11,13H2,1H3,(H,22,25)(H,20,21,24). The van der Waals surface area contributed by atoms with Gasteiger partial charge in [0.15, 0.2) is 0 Å². The molecule has 0 atom stereocenters. The van der Waals surface area contributed by atoms with Crippen LogP contribution in [0, 0.1) is 0 Å². The summed E-state index contributed by atoms with van der Waals surface area (Å²) in [4.78, 5) is 29.8. The van der Waals surface area contributed by atoms with E-state index in [9.17, 15) is 9.59 Å². The van der Waals surface area contributed by atoms with Crippen molar-refractivity contribution in [2.45, 2.75) is 13.5 Å². The Morgan fingerprint density at radius 1 is 1.12 bits per heavy atom. The SMILES string of the molecule is CC(=O)Nc1cc(C(=O)Nc2ccc(CN3CCOCC3)cc2)ccn1. The number of anilines is 2. The van der Waals surface area contributed by atoms with Crippen molar-refractivity contribution in [2.24, 2.45) is 0 Å². The van der Waals surface area contributed by atoms with Crippen molar-refractivity contribution in [1.82, 2.24) is 9.88 Å². The van der Waals surface area contributed by atoms with E-state index in [1.54, 1.807) is 12.1 Å². The molecule has 26 heavy (non-hydrogen) atoms. The Labute approximate surface area is 152 Å². The van der Waals surface area contributed by atoms with Crippen LogP contribution in [-0.2, 0) is 16.1 Å². The first-order valence-corrected chi connectivity index (χ1v) is 8.54. The van der Waals surface area contributed by atoms with E-state index in [0.29, 0.717) is 11.4 Å². The van der Waals surface area contributed by atoms with Crippen LogP contribution >= 0.6 is 0 Å². The van der Waals surface area contributed by atoms with Gasteiger partial charge in [0.1, 0.15) is 5.82 Å². The van der Waals surface area contributed by atoms with Crippen molar-refractivity contribution in [3.8, 4) is 0 Å². The quantitative estimate of drug-likeness (QED) is 0.859. The average Bonchev–Trinajstić information content (AvgIpc) is 2.64. The van der Waals surface area contributed by atoms with Crippen molar-refractivity contribution < 1.29 is 14.3 Å². The first-order valence-electron chi connectivity index (χ1n) is 8.54. The number of aromatic nitrogens is 1. The number of rotatable bonds is 5. The van der Waals surface area contributed by atoms with Gasteiger partial charge in [-0.3, -0.25) is 14.5 Å². The van der Waals surface area contributed by atoms with Gasteiger partial charge < -0.3 is 15.4 Å². The zero-order chi connectivity index (χ0) is 18.4. The molecule has 1 aliphatic heterocycles. The minimum Gasteiger partial charge on any atom is -0.379 e. The number of nitrogens with zero attached hydrogens (tertiary/aromatic N) is 2. The monoisotopic (exact) mass is 354 g/mol. The Morgan fingerprint density at radius 3 is 2.54 bits per heavy atom. The molecule has 1 aromatic heterocycles. The third-order valence-corrected chi connectivity index (χ3v) is 4.05. The predicted molar refractivity (Wildman–Crippen MR) is 99.0 cm³/mol. The van der Waals surface area contributed by atoms with Gasteiger partial charge in [-0.2, -0.15) is 0 Å². The highest BCUT2D eigenvalue weighted by Gasteiger charge is 2.11. The highest BCUT2D eigenvalue weighted by atomic mass is 16.5. The van der Waals surface area contributed by atoms with E-state index in [2.05, 4.69) is 20.5 Å². The van der Waals surface area contributed by atoms with E-state index in [1.165, 1.54) is 18.7 Å². The topological polar surface area (TPSA) is 83.6 Å². The van der Waals surface area contributed by atoms with Gasteiger partial charge in [0.05, 0.1) is 13.2 Å². The highest BCUT2D eigenvalue weighted by molar-refractivity contribution is 6.05. The molecular formula is C19H22N4O3. The van der Waals surface area contributed by atoms with E-state index >= 15 is 0 Å². The van der Waals surface area contributed by atoms with Gasteiger partial charge in [0.25, 0.3) is 5.91 Å². The number of nitrogens with one attached hydrogen (secondary N) is 2. The summed E-state index contributed by atoms with van der Waals surface area (Å²) in [7, 11) is 0. The Kier molecular flexibility index (Phi) is 5.93. The van der Waals surface area contributed by atoms with Crippen molar-refractivity contribution in [3.05, 3.63) is 53.7 Å². The molecule has 0 spiro atoms. The largest absolute Gasteiger partial charge is 0.379 e. The molecule has 7 nitrogen and oxygen atoms in total. The van der Waals surface area contributed by atoms with Gasteiger partial charge in [-0.05, 0) is 29.8 Å². The lowest BCUT2D eigenvalue weighted by Crippen LogP contribution is -2.35. The molecular weight excluding hydrogens is 332 g/mol. The number of amides is 2. The zero-order valence-corrected chi connectivity index (χ0v) is 14.7. The summed E-state index contributed by atoms with van der Waals surface area (Å²) in [5.74, 6) is -0.128. The van der Waals surface area contributed by atoms with E-state index < -0.39 is 0 Å². The van der Waals surface area contributed by atoms with Crippen molar-refractivity contribution >= 4 is 23.3 Å². The number of carbonyl (C=O) groups is 2. The fourth-order valence-electron chi connectivity index (χ4n) is 2.73. The predicted octanol–water partition coefficient (Wildman–Crippen LogP) is 2.12. The van der Waals surface area contributed by atoms with Crippen molar-refractivity contribution in [1.29, 1.82) is 0 Å². The lowest BCUT2D eigenvalue weighted by molar-refractivity contribution is -0.114. The van der Waals surface area contributed by atoms with Crippen LogP contribution in [0.5, 0.6) is 0 Å². The third-order valence-electron chi connectivity index (χ3n) is 4.05. The van der Waals surface area contributed by atoms with Crippen LogP contribution < -0.4 is 10.6 Å². The fraction of sp³-hybridized carbons (Fsp3) is 0.316. The Morgan fingerprint density at radius 2 is 1.85 bits per heavy atom. The summed E-state index contributed by atoms with van der Waals surface area (Å²) >= 11 is 0. The minimum absolute atomic E-state index is 0.231. The summed E-state index contributed by atoms with van der Waals surface area (Å²) in [6.07, 6.45) is 1.49. The number of benzene rings is 1. The van der Waals surface area contributed by atoms with Crippen LogP contribution in [0.1, 0.15) is 22.8 Å². The molecule has 2 N–H and O–H groups in total. The summed E-state index contributed by atoms with van der Waals surface area (Å²) < 4.78 is 5.36. The molecule has 1 aliphatic rings. The van der Waals surface area contributed by atoms with E-state index in [4.69, 9.17) is 4.74 Å². The molecule has 1 saturated heterocycles. The second kappa shape index (κ2) is 8.55. The van der Waals surface area contributed by atoms with E-state index in [0.717, 1.165) is 38.5 Å². The molecule has 2 heterocycles. The number of carbonyl (C=O) groups excluding carboxylic acids is 2. The maximum atomic E-state index is 12.4. The van der Waals surface area contributed by atoms with Gasteiger partial charge in [-0.15, -0.1) is 0 Å². The first kappa shape index (κ1) is 18.0. The average molecular weight is 354 g/mol. The second-order valence-electron chi connectivity index (χ2n) is 6.15. The summed E-state index contributed by atoms with van der Waals surface area (Å²) in [5.41, 5.74) is 2.35. The summed E-state index contributed by atoms with van der Waals surface area (Å²) in [6, 6.07) is 11.0. The highest BCUT2D eigenvalue weighted by Crippen LogP contribution is 2.14. The number of morpholine rings is 1. The van der Waals surface area contributed by atoms with Gasteiger partial charge >= 0.3 is 0 Å². The molecule has 2 aromatic rings. The normalized spacial score (nSPS) is 14.7. The maximum Gasteiger partial charge on any atom is 0.255 e. The number of hydrogen-bond acceptors (Lipinski definition) is 5. The van der Waals surface area contributed by atoms with Crippen molar-refractivity contribution in [3.63, 3.8) is 0 Å². The second-order valence-corrected chi connectivity index (χ2v) is 6.15. The van der Waals surface area contributed by atoms with E-state index in [1.807, 2.05) is 24.3 Å². The van der Waals surface area contributed by atoms with Crippen LogP contribution in [0.2, 0.25) is 0 Å². The summed E-state index contributed by atoms with van der Waals surface area (Å²) in [5, 5.41) is 5.42. The van der Waals surface area contributed by atoms with Gasteiger partial charge in [-0.1, -0.05) is 12.1 Å². The van der Waals surface area contributed by atoms with Crippen LogP contribution in [-0.4, -0.2) is 48.0 Å². The van der Waals surface area contributed by atoms with Crippen LogP contribution in [0.25, 0.3) is 0 Å². The Bertz CT molecular complexity index is 771. The number of hydrogen-bond donors (Lipinski definition) is 2. The molecule has 136 valence electrons. The minimum atomic E-state index is -0.250. The molecule has 0 radical (unpaired) electrons. The smallest absolute Gasteiger partial charge is 0.255 e. The van der Waals surface area contributed by atoms with E-state index in [-0.39, 0.29) is 11.8 Å². The van der Waals surface area contributed by atoms with Crippen LogP contribution in [0.15, 0.2) is 42.6 Å². The lowest BCUT2D eigenvalue weighted by atomic mass is 10.1. The molecule has 0 bridgehead atoms. The van der Waals surface area contributed by atoms with Gasteiger partial charge in [0, 0.05) is 44.0 Å². The zero-order valence-electron chi connectivity index (χ0n) is 14.7. The van der Waals surface area contributed by atoms with Crippen molar-refractivity contribution in [2.75, 3.05) is 36.9 Å².